The Kier molecular flexibility index (Phi) is 4.38. The lowest BCUT2D eigenvalue weighted by molar-refractivity contribution is -0.119. The molecule has 1 aliphatic heterocycles. The number of aromatic nitrogens is 1. The van der Waals surface area contributed by atoms with Crippen molar-refractivity contribution < 1.29 is 4.79 Å². The first kappa shape index (κ1) is 14.1. The smallest absolute Gasteiger partial charge is 0.231 e. The topological polar surface area (TPSA) is 112 Å². The molecule has 7 heteroatoms. The molecule has 106 valence electrons. The van der Waals surface area contributed by atoms with E-state index in [1.165, 1.54) is 0 Å². The van der Waals surface area contributed by atoms with Crippen LogP contribution in [0.15, 0.2) is 12.1 Å². The summed E-state index contributed by atoms with van der Waals surface area (Å²) in [5, 5.41) is 8.72. The normalized spacial score (nSPS) is 15.8. The van der Waals surface area contributed by atoms with Crippen LogP contribution in [0.2, 0.25) is 0 Å². The zero-order valence-electron chi connectivity index (χ0n) is 11.2. The van der Waals surface area contributed by atoms with Crippen LogP contribution in [0.3, 0.4) is 0 Å². The number of carbonyl (C=O) groups is 1. The van der Waals surface area contributed by atoms with Gasteiger partial charge in [0, 0.05) is 26.2 Å². The van der Waals surface area contributed by atoms with Crippen LogP contribution >= 0.6 is 0 Å². The van der Waals surface area contributed by atoms with Gasteiger partial charge in [-0.1, -0.05) is 0 Å². The zero-order valence-corrected chi connectivity index (χ0v) is 11.2. The van der Waals surface area contributed by atoms with E-state index in [9.17, 15) is 4.79 Å². The Morgan fingerprint density at radius 3 is 2.65 bits per heavy atom. The van der Waals surface area contributed by atoms with Gasteiger partial charge in [0.05, 0.1) is 30.4 Å². The SMILES string of the molecule is N#CCc1ccc(N)c(N2CCN(CC(N)=O)CC2)n1. The third-order valence-corrected chi connectivity index (χ3v) is 3.27. The molecule has 0 bridgehead atoms. The molecule has 0 spiro atoms. The maximum atomic E-state index is 10.9. The summed E-state index contributed by atoms with van der Waals surface area (Å²) in [6, 6.07) is 5.63. The molecule has 4 N–H and O–H groups in total. The molecule has 0 atom stereocenters. The largest absolute Gasteiger partial charge is 0.396 e. The molecule has 0 radical (unpaired) electrons. The van der Waals surface area contributed by atoms with E-state index in [1.54, 1.807) is 12.1 Å². The van der Waals surface area contributed by atoms with Crippen LogP contribution < -0.4 is 16.4 Å². The molecule has 0 aliphatic carbocycles. The summed E-state index contributed by atoms with van der Waals surface area (Å²) in [7, 11) is 0. The van der Waals surface area contributed by atoms with Gasteiger partial charge >= 0.3 is 0 Å². The lowest BCUT2D eigenvalue weighted by atomic mass is 10.2. The number of rotatable bonds is 4. The van der Waals surface area contributed by atoms with Gasteiger partial charge in [-0.15, -0.1) is 0 Å². The second-order valence-electron chi connectivity index (χ2n) is 4.78. The number of amides is 1. The Hall–Kier alpha value is -2.33. The van der Waals surface area contributed by atoms with Crippen LogP contribution in [0.25, 0.3) is 0 Å². The van der Waals surface area contributed by atoms with Gasteiger partial charge in [0.2, 0.25) is 5.91 Å². The van der Waals surface area contributed by atoms with Crippen LogP contribution in [0.4, 0.5) is 11.5 Å². The standard InChI is InChI=1S/C13H18N6O/c14-4-3-10-1-2-11(15)13(17-10)19-7-5-18(6-8-19)9-12(16)20/h1-2H,3,5-9,15H2,(H2,16,20). The van der Waals surface area contributed by atoms with Crippen LogP contribution in [-0.4, -0.2) is 48.5 Å². The van der Waals surface area contributed by atoms with Crippen LogP contribution in [-0.2, 0) is 11.2 Å². The first-order valence-electron chi connectivity index (χ1n) is 6.48. The minimum Gasteiger partial charge on any atom is -0.396 e. The molecule has 1 amide bonds. The Morgan fingerprint density at radius 1 is 1.35 bits per heavy atom. The first-order chi connectivity index (χ1) is 9.60. The van der Waals surface area contributed by atoms with Crippen molar-refractivity contribution in [3.05, 3.63) is 17.8 Å². The summed E-state index contributed by atoms with van der Waals surface area (Å²) in [5.74, 6) is 0.406. The van der Waals surface area contributed by atoms with E-state index in [0.717, 1.165) is 37.7 Å². The van der Waals surface area contributed by atoms with Gasteiger partial charge in [-0.05, 0) is 12.1 Å². The second kappa shape index (κ2) is 6.21. The number of carbonyl (C=O) groups excluding carboxylic acids is 1. The van der Waals surface area contributed by atoms with Crippen molar-refractivity contribution in [3.63, 3.8) is 0 Å². The summed E-state index contributed by atoms with van der Waals surface area (Å²) in [4.78, 5) is 19.4. The minimum absolute atomic E-state index is 0.273. The number of nitriles is 1. The lowest BCUT2D eigenvalue weighted by Gasteiger charge is -2.35. The monoisotopic (exact) mass is 274 g/mol. The van der Waals surface area contributed by atoms with Crippen molar-refractivity contribution in [3.8, 4) is 6.07 Å². The molecule has 1 saturated heterocycles. The molecule has 1 aromatic heterocycles. The molecule has 1 fully saturated rings. The van der Waals surface area contributed by atoms with E-state index >= 15 is 0 Å². The summed E-state index contributed by atoms with van der Waals surface area (Å²) in [5.41, 5.74) is 12.5. The number of anilines is 2. The zero-order chi connectivity index (χ0) is 14.5. The molecule has 7 nitrogen and oxygen atoms in total. The predicted molar refractivity (Wildman–Crippen MR) is 75.8 cm³/mol. The van der Waals surface area contributed by atoms with Crippen LogP contribution in [0.5, 0.6) is 0 Å². The summed E-state index contributed by atoms with van der Waals surface area (Å²) < 4.78 is 0. The second-order valence-corrected chi connectivity index (χ2v) is 4.78. The Labute approximate surface area is 117 Å². The fourth-order valence-corrected chi connectivity index (χ4v) is 2.27. The number of nitrogens with zero attached hydrogens (tertiary/aromatic N) is 4. The Morgan fingerprint density at radius 2 is 2.05 bits per heavy atom. The Bertz CT molecular complexity index is 530. The highest BCUT2D eigenvalue weighted by Gasteiger charge is 2.20. The number of pyridine rings is 1. The summed E-state index contributed by atoms with van der Waals surface area (Å²) in [6.45, 7) is 3.24. The number of nitrogen functional groups attached to an aromatic ring is 1. The molecule has 2 heterocycles. The maximum Gasteiger partial charge on any atom is 0.231 e. The number of piperazine rings is 1. The molecule has 0 aromatic carbocycles. The van der Waals surface area contributed by atoms with Gasteiger partial charge in [0.15, 0.2) is 5.82 Å². The van der Waals surface area contributed by atoms with E-state index in [1.807, 2.05) is 4.90 Å². The number of nitrogens with two attached hydrogens (primary N) is 2. The third kappa shape index (κ3) is 3.36. The Balaban J connectivity index is 2.04. The van der Waals surface area contributed by atoms with E-state index in [4.69, 9.17) is 16.7 Å². The van der Waals surface area contributed by atoms with E-state index < -0.39 is 0 Å². The average Bonchev–Trinajstić information content (AvgIpc) is 2.42. The fourth-order valence-electron chi connectivity index (χ4n) is 2.27. The number of hydrogen-bond donors (Lipinski definition) is 2. The van der Waals surface area contributed by atoms with E-state index in [-0.39, 0.29) is 18.9 Å². The predicted octanol–water partition coefficient (Wildman–Crippen LogP) is -0.663. The molecule has 20 heavy (non-hydrogen) atoms. The van der Waals surface area contributed by atoms with Crippen molar-refractivity contribution in [2.75, 3.05) is 43.4 Å². The highest BCUT2D eigenvalue weighted by Crippen LogP contribution is 2.22. The van der Waals surface area contributed by atoms with Gasteiger partial charge < -0.3 is 16.4 Å². The van der Waals surface area contributed by atoms with Crippen LogP contribution in [0, 0.1) is 11.3 Å². The highest BCUT2D eigenvalue weighted by molar-refractivity contribution is 5.76. The molecule has 0 saturated carbocycles. The van der Waals surface area contributed by atoms with Crippen molar-refractivity contribution >= 4 is 17.4 Å². The first-order valence-corrected chi connectivity index (χ1v) is 6.48. The molecular weight excluding hydrogens is 256 g/mol. The van der Waals surface area contributed by atoms with Gasteiger partial charge in [-0.25, -0.2) is 4.98 Å². The van der Waals surface area contributed by atoms with Gasteiger partial charge in [0.25, 0.3) is 0 Å². The molecule has 1 aromatic rings. The highest BCUT2D eigenvalue weighted by atomic mass is 16.1. The quantitative estimate of drug-likeness (QED) is 0.753. The van der Waals surface area contributed by atoms with Gasteiger partial charge in [-0.3, -0.25) is 9.69 Å². The summed E-state index contributed by atoms with van der Waals surface area (Å²) >= 11 is 0. The molecular formula is C13H18N6O. The van der Waals surface area contributed by atoms with Crippen molar-refractivity contribution in [2.45, 2.75) is 6.42 Å². The number of hydrogen-bond acceptors (Lipinski definition) is 6. The third-order valence-electron chi connectivity index (χ3n) is 3.27. The number of primary amides is 1. The molecule has 1 aliphatic rings. The molecule has 0 unspecified atom stereocenters. The minimum atomic E-state index is -0.313. The average molecular weight is 274 g/mol. The summed E-state index contributed by atoms with van der Waals surface area (Å²) in [6.07, 6.45) is 0.273. The maximum absolute atomic E-state index is 10.9. The van der Waals surface area contributed by atoms with Crippen LogP contribution in [0.1, 0.15) is 5.69 Å². The van der Waals surface area contributed by atoms with Crippen molar-refractivity contribution in [2.24, 2.45) is 5.73 Å². The molecule has 2 rings (SSSR count). The van der Waals surface area contributed by atoms with E-state index in [0.29, 0.717) is 5.69 Å². The van der Waals surface area contributed by atoms with E-state index in [2.05, 4.69) is 16.0 Å². The lowest BCUT2D eigenvalue weighted by Crippen LogP contribution is -2.49. The van der Waals surface area contributed by atoms with Crippen molar-refractivity contribution in [1.29, 1.82) is 5.26 Å². The van der Waals surface area contributed by atoms with Gasteiger partial charge in [-0.2, -0.15) is 5.26 Å². The van der Waals surface area contributed by atoms with Crippen molar-refractivity contribution in [1.82, 2.24) is 9.88 Å². The van der Waals surface area contributed by atoms with Gasteiger partial charge in [0.1, 0.15) is 0 Å². The fraction of sp³-hybridized carbons (Fsp3) is 0.462.